The molecule has 1 atom stereocenters. The Morgan fingerprint density at radius 1 is 1.10 bits per heavy atom. The Labute approximate surface area is 117 Å². The average molecular weight is 271 g/mol. The third-order valence-corrected chi connectivity index (χ3v) is 3.53. The predicted molar refractivity (Wildman–Crippen MR) is 77.0 cm³/mol. The van der Waals surface area contributed by atoms with Crippen molar-refractivity contribution in [3.8, 4) is 5.75 Å². The van der Waals surface area contributed by atoms with Crippen molar-refractivity contribution in [1.29, 1.82) is 0 Å². The quantitative estimate of drug-likeness (QED) is 0.789. The normalized spacial score (nSPS) is 12.8. The molecule has 3 aromatic rings. The van der Waals surface area contributed by atoms with Crippen LogP contribution >= 0.6 is 0 Å². The fraction of sp³-hybridized carbons (Fsp3) is 0.250. The van der Waals surface area contributed by atoms with E-state index in [1.165, 1.54) is 0 Å². The first-order valence-corrected chi connectivity index (χ1v) is 6.49. The van der Waals surface area contributed by atoms with Gasteiger partial charge in [-0.1, -0.05) is 0 Å². The average Bonchev–Trinajstić information content (AvgIpc) is 3.02. The topological polar surface area (TPSA) is 61.5 Å². The highest BCUT2D eigenvalue weighted by molar-refractivity contribution is 5.83. The Hall–Kier alpha value is -2.20. The molecule has 1 aromatic carbocycles. The first-order chi connectivity index (χ1) is 9.60. The Morgan fingerprint density at radius 3 is 2.55 bits per heavy atom. The van der Waals surface area contributed by atoms with Crippen LogP contribution in [0.2, 0.25) is 0 Å². The lowest BCUT2D eigenvalue weighted by atomic mass is 10.1. The molecule has 2 N–H and O–H groups in total. The summed E-state index contributed by atoms with van der Waals surface area (Å²) in [4.78, 5) is 0. The maximum Gasteiger partial charge on any atom is 0.138 e. The van der Waals surface area contributed by atoms with E-state index in [0.29, 0.717) is 5.76 Å². The minimum atomic E-state index is -0.401. The summed E-state index contributed by atoms with van der Waals surface area (Å²) in [5.74, 6) is 3.03. The molecule has 0 saturated carbocycles. The summed E-state index contributed by atoms with van der Waals surface area (Å²) < 4.78 is 16.7. The van der Waals surface area contributed by atoms with E-state index in [-0.39, 0.29) is 0 Å². The van der Waals surface area contributed by atoms with E-state index in [4.69, 9.17) is 19.3 Å². The van der Waals surface area contributed by atoms with Gasteiger partial charge < -0.3 is 19.3 Å². The first-order valence-electron chi connectivity index (χ1n) is 6.49. The van der Waals surface area contributed by atoms with Crippen LogP contribution in [-0.2, 0) is 0 Å². The lowest BCUT2D eigenvalue weighted by molar-refractivity contribution is 0.412. The molecule has 0 aliphatic rings. The Kier molecular flexibility index (Phi) is 3.03. The number of hydrogen-bond acceptors (Lipinski definition) is 4. The minimum absolute atomic E-state index is 0.401. The molecule has 2 aromatic heterocycles. The highest BCUT2D eigenvalue weighted by Crippen LogP contribution is 2.33. The van der Waals surface area contributed by atoms with Crippen molar-refractivity contribution in [3.63, 3.8) is 0 Å². The molecule has 1 unspecified atom stereocenters. The van der Waals surface area contributed by atoms with Crippen molar-refractivity contribution in [2.24, 2.45) is 5.73 Å². The summed E-state index contributed by atoms with van der Waals surface area (Å²) in [5, 5.41) is 1.04. The largest absolute Gasteiger partial charge is 0.497 e. The fourth-order valence-electron chi connectivity index (χ4n) is 2.40. The highest BCUT2D eigenvalue weighted by Gasteiger charge is 2.21. The molecule has 4 nitrogen and oxygen atoms in total. The monoisotopic (exact) mass is 271 g/mol. The molecule has 104 valence electrons. The van der Waals surface area contributed by atoms with Gasteiger partial charge in [-0.05, 0) is 38.1 Å². The van der Waals surface area contributed by atoms with E-state index in [2.05, 4.69) is 0 Å². The molecular weight excluding hydrogens is 254 g/mol. The zero-order chi connectivity index (χ0) is 14.3. The highest BCUT2D eigenvalue weighted by atomic mass is 16.5. The number of methoxy groups -OCH3 is 1. The number of nitrogens with two attached hydrogens (primary N) is 1. The molecule has 4 heteroatoms. The van der Waals surface area contributed by atoms with E-state index in [9.17, 15) is 0 Å². The second kappa shape index (κ2) is 4.72. The van der Waals surface area contributed by atoms with E-state index in [1.807, 2.05) is 44.2 Å². The van der Waals surface area contributed by atoms with E-state index < -0.39 is 6.04 Å². The molecule has 3 rings (SSSR count). The second-order valence-electron chi connectivity index (χ2n) is 4.88. The smallest absolute Gasteiger partial charge is 0.138 e. The van der Waals surface area contributed by atoms with Gasteiger partial charge in [-0.25, -0.2) is 0 Å². The standard InChI is InChI=1S/C16H17NO3/c1-9-4-7-13(19-9)15(17)16-10(2)12-6-5-11(18-3)8-14(12)20-16/h4-8,15H,17H2,1-3H3. The number of aryl methyl sites for hydroxylation is 2. The molecule has 0 saturated heterocycles. The van der Waals surface area contributed by atoms with Gasteiger partial charge in [0.15, 0.2) is 0 Å². The second-order valence-corrected chi connectivity index (χ2v) is 4.88. The molecule has 0 aliphatic heterocycles. The summed E-state index contributed by atoms with van der Waals surface area (Å²) in [5.41, 5.74) is 8.05. The van der Waals surface area contributed by atoms with Gasteiger partial charge in [0.2, 0.25) is 0 Å². The van der Waals surface area contributed by atoms with Crippen LogP contribution < -0.4 is 10.5 Å². The summed E-state index contributed by atoms with van der Waals surface area (Å²) in [7, 11) is 1.63. The zero-order valence-electron chi connectivity index (χ0n) is 11.8. The number of rotatable bonds is 3. The van der Waals surface area contributed by atoms with Crippen LogP contribution in [0, 0.1) is 13.8 Å². The van der Waals surface area contributed by atoms with Crippen LogP contribution in [0.25, 0.3) is 11.0 Å². The van der Waals surface area contributed by atoms with Crippen molar-refractivity contribution in [3.05, 3.63) is 53.2 Å². The van der Waals surface area contributed by atoms with Crippen LogP contribution in [0.5, 0.6) is 5.75 Å². The molecule has 0 bridgehead atoms. The summed E-state index contributed by atoms with van der Waals surface area (Å²) in [6.07, 6.45) is 0. The van der Waals surface area contributed by atoms with Gasteiger partial charge in [-0.15, -0.1) is 0 Å². The Morgan fingerprint density at radius 2 is 1.90 bits per heavy atom. The molecule has 0 aliphatic carbocycles. The van der Waals surface area contributed by atoms with Crippen LogP contribution in [0.15, 0.2) is 39.2 Å². The Bertz CT molecular complexity index is 754. The van der Waals surface area contributed by atoms with Crippen LogP contribution in [-0.4, -0.2) is 7.11 Å². The van der Waals surface area contributed by atoms with Crippen molar-refractivity contribution >= 4 is 11.0 Å². The summed E-state index contributed by atoms with van der Waals surface area (Å²) >= 11 is 0. The zero-order valence-corrected chi connectivity index (χ0v) is 11.8. The SMILES string of the molecule is COc1ccc2c(C)c(C(N)c3ccc(C)o3)oc2c1. The lowest BCUT2D eigenvalue weighted by Crippen LogP contribution is -2.11. The predicted octanol–water partition coefficient (Wildman–Crippen LogP) is 3.70. The van der Waals surface area contributed by atoms with Gasteiger partial charge in [0.1, 0.15) is 34.7 Å². The van der Waals surface area contributed by atoms with Crippen molar-refractivity contribution in [1.82, 2.24) is 0 Å². The number of ether oxygens (including phenoxy) is 1. The number of furan rings is 2. The third-order valence-electron chi connectivity index (χ3n) is 3.53. The van der Waals surface area contributed by atoms with Gasteiger partial charge in [0.05, 0.1) is 7.11 Å². The molecular formula is C16H17NO3. The molecule has 2 heterocycles. The van der Waals surface area contributed by atoms with Crippen molar-refractivity contribution < 1.29 is 13.6 Å². The van der Waals surface area contributed by atoms with Crippen LogP contribution in [0.1, 0.15) is 28.9 Å². The van der Waals surface area contributed by atoms with Crippen molar-refractivity contribution in [2.45, 2.75) is 19.9 Å². The van der Waals surface area contributed by atoms with Crippen molar-refractivity contribution in [2.75, 3.05) is 7.11 Å². The van der Waals surface area contributed by atoms with E-state index in [0.717, 1.165) is 33.8 Å². The first kappa shape index (κ1) is 12.8. The van der Waals surface area contributed by atoms with Gasteiger partial charge >= 0.3 is 0 Å². The number of fused-ring (bicyclic) bond motifs is 1. The molecule has 0 radical (unpaired) electrons. The molecule has 0 amide bonds. The minimum Gasteiger partial charge on any atom is -0.497 e. The van der Waals surface area contributed by atoms with Gasteiger partial charge in [0.25, 0.3) is 0 Å². The summed E-state index contributed by atoms with van der Waals surface area (Å²) in [6, 6.07) is 9.14. The fourth-order valence-corrected chi connectivity index (χ4v) is 2.40. The van der Waals surface area contributed by atoms with E-state index >= 15 is 0 Å². The maximum atomic E-state index is 6.25. The summed E-state index contributed by atoms with van der Waals surface area (Å²) in [6.45, 7) is 3.90. The number of benzene rings is 1. The third kappa shape index (κ3) is 1.98. The Balaban J connectivity index is 2.09. The van der Waals surface area contributed by atoms with Gasteiger partial charge in [0, 0.05) is 17.0 Å². The van der Waals surface area contributed by atoms with Gasteiger partial charge in [-0.2, -0.15) is 0 Å². The maximum absolute atomic E-state index is 6.25. The lowest BCUT2D eigenvalue weighted by Gasteiger charge is -2.06. The molecule has 0 spiro atoms. The number of hydrogen-bond donors (Lipinski definition) is 1. The van der Waals surface area contributed by atoms with Crippen LogP contribution in [0.3, 0.4) is 0 Å². The van der Waals surface area contributed by atoms with Crippen LogP contribution in [0.4, 0.5) is 0 Å². The van der Waals surface area contributed by atoms with E-state index in [1.54, 1.807) is 7.11 Å². The van der Waals surface area contributed by atoms with Gasteiger partial charge in [-0.3, -0.25) is 0 Å². The molecule has 20 heavy (non-hydrogen) atoms. The molecule has 0 fully saturated rings.